The van der Waals surface area contributed by atoms with Gasteiger partial charge in [0.2, 0.25) is 0 Å². The molecule has 2 atom stereocenters. The van der Waals surface area contributed by atoms with Gasteiger partial charge in [-0.05, 0) is 51.4 Å². The van der Waals surface area contributed by atoms with E-state index in [1.54, 1.807) is 4.57 Å². The maximum absolute atomic E-state index is 11.8. The Hall–Kier alpha value is -1.59. The van der Waals surface area contributed by atoms with E-state index >= 15 is 0 Å². The molecule has 1 aliphatic rings. The third-order valence-electron chi connectivity index (χ3n) is 4.49. The summed E-state index contributed by atoms with van der Waals surface area (Å²) >= 11 is 0. The number of fused-ring (bicyclic) bond motifs is 1. The van der Waals surface area contributed by atoms with E-state index in [-0.39, 0.29) is 17.4 Å². The van der Waals surface area contributed by atoms with Crippen molar-refractivity contribution in [1.82, 2.24) is 9.88 Å². The third-order valence-corrected chi connectivity index (χ3v) is 4.49. The van der Waals surface area contributed by atoms with Crippen molar-refractivity contribution in [2.75, 3.05) is 13.7 Å². The highest BCUT2D eigenvalue weighted by Crippen LogP contribution is 2.37. The van der Waals surface area contributed by atoms with Gasteiger partial charge in [0.15, 0.2) is 5.58 Å². The highest BCUT2D eigenvalue weighted by atomic mass is 16.5. The number of oxazole rings is 1. The molecule has 1 aliphatic heterocycles. The molecule has 1 saturated heterocycles. The molecule has 114 valence electrons. The van der Waals surface area contributed by atoms with Crippen molar-refractivity contribution < 1.29 is 9.15 Å². The molecular formula is C16H22N2O3. The van der Waals surface area contributed by atoms with Gasteiger partial charge in [0.05, 0.1) is 17.2 Å². The number of aromatic nitrogens is 1. The fourth-order valence-corrected chi connectivity index (χ4v) is 3.41. The zero-order chi connectivity index (χ0) is 15.0. The van der Waals surface area contributed by atoms with Gasteiger partial charge in [-0.2, -0.15) is 0 Å². The van der Waals surface area contributed by atoms with E-state index in [9.17, 15) is 4.79 Å². The molecule has 1 N–H and O–H groups in total. The molecule has 5 heteroatoms. The van der Waals surface area contributed by atoms with Gasteiger partial charge >= 0.3 is 5.76 Å². The lowest BCUT2D eigenvalue weighted by atomic mass is 9.88. The molecule has 3 rings (SSSR count). The van der Waals surface area contributed by atoms with E-state index in [1.807, 2.05) is 26.1 Å². The summed E-state index contributed by atoms with van der Waals surface area (Å²) < 4.78 is 12.9. The van der Waals surface area contributed by atoms with Crippen LogP contribution in [0.1, 0.15) is 38.3 Å². The van der Waals surface area contributed by atoms with Crippen LogP contribution >= 0.6 is 0 Å². The lowest BCUT2D eigenvalue weighted by Crippen LogP contribution is -2.39. The fourth-order valence-electron chi connectivity index (χ4n) is 3.41. The molecule has 0 spiro atoms. The molecule has 0 bridgehead atoms. The van der Waals surface area contributed by atoms with E-state index < -0.39 is 0 Å². The second-order valence-electron chi connectivity index (χ2n) is 5.83. The minimum atomic E-state index is -0.297. The van der Waals surface area contributed by atoms with Crippen LogP contribution in [0.25, 0.3) is 11.1 Å². The van der Waals surface area contributed by atoms with Crippen LogP contribution in [0.5, 0.6) is 0 Å². The molecule has 21 heavy (non-hydrogen) atoms. The fraction of sp³-hybridized carbons (Fsp3) is 0.562. The Labute approximate surface area is 123 Å². The number of aryl methyl sites for hydroxylation is 1. The topological polar surface area (TPSA) is 56.4 Å². The zero-order valence-electron chi connectivity index (χ0n) is 12.8. The zero-order valence-corrected chi connectivity index (χ0v) is 12.8. The number of ether oxygens (including phenoxy) is 1. The number of likely N-dealkylation sites (N-methyl/N-ethyl adjacent to an activating group) is 1. The quantitative estimate of drug-likeness (QED) is 0.939. The summed E-state index contributed by atoms with van der Waals surface area (Å²) in [4.78, 5) is 11.8. The van der Waals surface area contributed by atoms with Crippen LogP contribution < -0.4 is 11.1 Å². The first-order valence-electron chi connectivity index (χ1n) is 7.53. The highest BCUT2D eigenvalue weighted by Gasteiger charge is 2.38. The predicted molar refractivity (Wildman–Crippen MR) is 81.5 cm³/mol. The summed E-state index contributed by atoms with van der Waals surface area (Å²) in [5, 5.41) is 3.35. The van der Waals surface area contributed by atoms with E-state index in [4.69, 9.17) is 9.15 Å². The maximum Gasteiger partial charge on any atom is 0.419 e. The first kappa shape index (κ1) is 14.4. The Morgan fingerprint density at radius 2 is 2.29 bits per heavy atom. The van der Waals surface area contributed by atoms with E-state index in [2.05, 4.69) is 18.3 Å². The van der Waals surface area contributed by atoms with Gasteiger partial charge in [-0.25, -0.2) is 4.79 Å². The van der Waals surface area contributed by atoms with E-state index in [0.29, 0.717) is 12.1 Å². The van der Waals surface area contributed by atoms with Crippen LogP contribution in [0.4, 0.5) is 0 Å². The summed E-state index contributed by atoms with van der Waals surface area (Å²) in [5.41, 5.74) is 2.36. The Morgan fingerprint density at radius 1 is 1.48 bits per heavy atom. The van der Waals surface area contributed by atoms with Crippen LogP contribution in [0.3, 0.4) is 0 Å². The molecule has 2 unspecified atom stereocenters. The average molecular weight is 290 g/mol. The summed E-state index contributed by atoms with van der Waals surface area (Å²) in [6, 6.07) is 6.05. The van der Waals surface area contributed by atoms with E-state index in [0.717, 1.165) is 30.5 Å². The number of nitrogens with one attached hydrogen (secondary N) is 1. The van der Waals surface area contributed by atoms with Gasteiger partial charge in [0.1, 0.15) is 0 Å². The first-order valence-corrected chi connectivity index (χ1v) is 7.53. The molecule has 1 fully saturated rings. The summed E-state index contributed by atoms with van der Waals surface area (Å²) in [6.07, 6.45) is 2.11. The number of hydrogen-bond acceptors (Lipinski definition) is 4. The normalized spacial score (nSPS) is 23.8. The van der Waals surface area contributed by atoms with Gasteiger partial charge in [0.25, 0.3) is 0 Å². The van der Waals surface area contributed by atoms with Crippen molar-refractivity contribution in [3.63, 3.8) is 0 Å². The Balaban J connectivity index is 2.05. The van der Waals surface area contributed by atoms with Gasteiger partial charge in [0, 0.05) is 13.2 Å². The lowest BCUT2D eigenvalue weighted by molar-refractivity contribution is -0.0104. The molecule has 1 aromatic heterocycles. The second-order valence-corrected chi connectivity index (χ2v) is 5.83. The molecule has 0 saturated carbocycles. The molecule has 2 heterocycles. The third kappa shape index (κ3) is 2.30. The average Bonchev–Trinajstić information content (AvgIpc) is 3.02. The van der Waals surface area contributed by atoms with Crippen molar-refractivity contribution >= 4 is 11.1 Å². The van der Waals surface area contributed by atoms with Crippen LogP contribution in [0, 0.1) is 0 Å². The number of benzene rings is 1. The van der Waals surface area contributed by atoms with Crippen LogP contribution in [0.15, 0.2) is 27.4 Å². The van der Waals surface area contributed by atoms with E-state index in [1.165, 1.54) is 0 Å². The number of hydrogen-bond donors (Lipinski definition) is 1. The van der Waals surface area contributed by atoms with Crippen LogP contribution in [-0.2, 0) is 11.3 Å². The SMILES string of the molecule is CCn1c(=O)oc2cc(C(NC)C3(C)CCCO3)ccc21. The molecule has 0 amide bonds. The Kier molecular flexibility index (Phi) is 3.63. The van der Waals surface area contributed by atoms with Gasteiger partial charge in [-0.3, -0.25) is 4.57 Å². The van der Waals surface area contributed by atoms with Crippen LogP contribution in [0.2, 0.25) is 0 Å². The summed E-state index contributed by atoms with van der Waals surface area (Å²) in [5.74, 6) is -0.297. The minimum Gasteiger partial charge on any atom is -0.408 e. The number of nitrogens with zero attached hydrogens (tertiary/aromatic N) is 1. The molecule has 1 aromatic carbocycles. The summed E-state index contributed by atoms with van der Waals surface area (Å²) in [7, 11) is 1.94. The molecule has 0 radical (unpaired) electrons. The monoisotopic (exact) mass is 290 g/mol. The van der Waals surface area contributed by atoms with Crippen molar-refractivity contribution in [3.8, 4) is 0 Å². The number of rotatable bonds is 4. The largest absolute Gasteiger partial charge is 0.419 e. The molecule has 5 nitrogen and oxygen atoms in total. The Morgan fingerprint density at radius 3 is 2.90 bits per heavy atom. The standard InChI is InChI=1S/C16H22N2O3/c1-4-18-12-7-6-11(10-13(12)21-15(18)19)14(17-3)16(2)8-5-9-20-16/h6-7,10,14,17H,4-5,8-9H2,1-3H3. The van der Waals surface area contributed by atoms with Crippen LogP contribution in [-0.4, -0.2) is 23.8 Å². The summed E-state index contributed by atoms with van der Waals surface area (Å²) in [6.45, 7) is 5.49. The molecule has 2 aromatic rings. The molecular weight excluding hydrogens is 268 g/mol. The second kappa shape index (κ2) is 5.31. The lowest BCUT2D eigenvalue weighted by Gasteiger charge is -2.33. The van der Waals surface area contributed by atoms with Crippen molar-refractivity contribution in [1.29, 1.82) is 0 Å². The van der Waals surface area contributed by atoms with Crippen molar-refractivity contribution in [2.24, 2.45) is 0 Å². The Bertz CT molecular complexity index is 695. The maximum atomic E-state index is 11.8. The van der Waals surface area contributed by atoms with Crippen molar-refractivity contribution in [2.45, 2.75) is 44.9 Å². The minimum absolute atomic E-state index is 0.0830. The predicted octanol–water partition coefficient (Wildman–Crippen LogP) is 2.44. The molecule has 0 aliphatic carbocycles. The van der Waals surface area contributed by atoms with Gasteiger partial charge < -0.3 is 14.5 Å². The van der Waals surface area contributed by atoms with Gasteiger partial charge in [-0.1, -0.05) is 6.07 Å². The smallest absolute Gasteiger partial charge is 0.408 e. The highest BCUT2D eigenvalue weighted by molar-refractivity contribution is 5.74. The first-order chi connectivity index (χ1) is 10.1. The van der Waals surface area contributed by atoms with Crippen molar-refractivity contribution in [3.05, 3.63) is 34.3 Å². The van der Waals surface area contributed by atoms with Gasteiger partial charge in [-0.15, -0.1) is 0 Å².